The van der Waals surface area contributed by atoms with Gasteiger partial charge in [-0.05, 0) is 60.5 Å². The number of alkyl carbamates (subject to hydrolysis) is 1. The maximum atomic E-state index is 13.8. The van der Waals surface area contributed by atoms with Gasteiger partial charge in [0.2, 0.25) is 11.8 Å². The first-order valence-corrected chi connectivity index (χ1v) is 14.3. The van der Waals surface area contributed by atoms with Gasteiger partial charge in [-0.2, -0.15) is 0 Å². The Kier molecular flexibility index (Phi) is 9.42. The van der Waals surface area contributed by atoms with Crippen molar-refractivity contribution in [2.45, 2.75) is 31.4 Å². The highest BCUT2D eigenvalue weighted by atomic mass is 32.2. The van der Waals surface area contributed by atoms with Crippen molar-refractivity contribution in [3.63, 3.8) is 0 Å². The summed E-state index contributed by atoms with van der Waals surface area (Å²) in [7, 11) is 0. The van der Waals surface area contributed by atoms with E-state index in [0.29, 0.717) is 27.8 Å². The van der Waals surface area contributed by atoms with Crippen LogP contribution in [0.4, 0.5) is 20.6 Å². The molecule has 0 saturated carbocycles. The van der Waals surface area contributed by atoms with Gasteiger partial charge in [0.05, 0.1) is 17.9 Å². The van der Waals surface area contributed by atoms with E-state index in [2.05, 4.69) is 20.6 Å². The van der Waals surface area contributed by atoms with Gasteiger partial charge in [-0.3, -0.25) is 19.5 Å². The molecule has 2 N–H and O–H groups in total. The van der Waals surface area contributed by atoms with E-state index in [1.165, 1.54) is 23.9 Å². The predicted octanol–water partition coefficient (Wildman–Crippen LogP) is 5.98. The second-order valence-corrected chi connectivity index (χ2v) is 10.7. The number of rotatable bonds is 9. The van der Waals surface area contributed by atoms with Gasteiger partial charge in [0, 0.05) is 11.9 Å². The number of amides is 3. The summed E-state index contributed by atoms with van der Waals surface area (Å²) in [6.07, 6.45) is 0.950. The lowest BCUT2D eigenvalue weighted by Crippen LogP contribution is -2.41. The molecule has 1 fully saturated rings. The van der Waals surface area contributed by atoms with Crippen LogP contribution in [0.5, 0.6) is 0 Å². The number of anilines is 1. The summed E-state index contributed by atoms with van der Waals surface area (Å²) < 4.78 is 19.0. The minimum absolute atomic E-state index is 0.0916. The Morgan fingerprint density at radius 1 is 1.02 bits per heavy atom. The smallest absolute Gasteiger partial charge is 0.408 e. The summed E-state index contributed by atoms with van der Waals surface area (Å²) >= 11 is 1.26. The number of hydrogen-bond donors (Lipinski definition) is 2. The fourth-order valence-corrected chi connectivity index (χ4v) is 5.38. The van der Waals surface area contributed by atoms with Crippen LogP contribution >= 0.6 is 11.8 Å². The predicted molar refractivity (Wildman–Crippen MR) is 163 cm³/mol. The quantitative estimate of drug-likeness (QED) is 0.246. The molecule has 1 aliphatic heterocycles. The minimum Gasteiger partial charge on any atom is -0.445 e. The number of amidine groups is 1. The van der Waals surface area contributed by atoms with Crippen LogP contribution in [-0.2, 0) is 27.5 Å². The first kappa shape index (κ1) is 29.5. The van der Waals surface area contributed by atoms with E-state index >= 15 is 0 Å². The second-order valence-electron chi connectivity index (χ2n) is 9.66. The summed E-state index contributed by atoms with van der Waals surface area (Å²) in [4.78, 5) is 48.8. The topological polar surface area (TPSA) is 113 Å². The number of benzene rings is 3. The summed E-state index contributed by atoms with van der Waals surface area (Å²) in [6.45, 7) is 1.86. The highest BCUT2D eigenvalue weighted by Gasteiger charge is 2.39. The number of aliphatic imine (C=N–C) groups is 1. The van der Waals surface area contributed by atoms with Crippen molar-refractivity contribution in [3.8, 4) is 0 Å². The SMILES string of the molecule is CC(NC(=O)OCc1ccccc1)C(=O)Nc1ccc(C2S/C(=N\c3cccc(F)c3)N(Cc3ccccn3)C2=O)cc1. The van der Waals surface area contributed by atoms with Crippen LogP contribution in [0.3, 0.4) is 0 Å². The van der Waals surface area contributed by atoms with Crippen LogP contribution < -0.4 is 10.6 Å². The zero-order valence-electron chi connectivity index (χ0n) is 23.1. The first-order valence-electron chi connectivity index (χ1n) is 13.5. The van der Waals surface area contributed by atoms with Crippen LogP contribution in [-0.4, -0.2) is 39.0 Å². The van der Waals surface area contributed by atoms with Gasteiger partial charge < -0.3 is 15.4 Å². The fourth-order valence-electron chi connectivity index (χ4n) is 4.21. The van der Waals surface area contributed by atoms with E-state index in [1.54, 1.807) is 60.5 Å². The van der Waals surface area contributed by atoms with Gasteiger partial charge in [-0.15, -0.1) is 0 Å². The highest BCUT2D eigenvalue weighted by Crippen LogP contribution is 2.41. The highest BCUT2D eigenvalue weighted by molar-refractivity contribution is 8.15. The Morgan fingerprint density at radius 2 is 1.79 bits per heavy atom. The molecule has 1 aliphatic rings. The summed E-state index contributed by atoms with van der Waals surface area (Å²) in [5, 5.41) is 5.11. The van der Waals surface area contributed by atoms with Crippen molar-refractivity contribution in [3.05, 3.63) is 126 Å². The third-order valence-electron chi connectivity index (χ3n) is 6.45. The second kappa shape index (κ2) is 13.8. The first-order chi connectivity index (χ1) is 20.9. The number of carbonyl (C=O) groups excluding carboxylic acids is 3. The summed E-state index contributed by atoms with van der Waals surface area (Å²) in [6, 6.07) is 26.6. The molecular weight excluding hydrogens is 569 g/mol. The van der Waals surface area contributed by atoms with Crippen LogP contribution in [0.15, 0.2) is 108 Å². The largest absolute Gasteiger partial charge is 0.445 e. The Hall–Kier alpha value is -5.03. The van der Waals surface area contributed by atoms with Crippen molar-refractivity contribution >= 4 is 46.2 Å². The number of carbonyl (C=O) groups is 3. The molecule has 43 heavy (non-hydrogen) atoms. The van der Waals surface area contributed by atoms with Crippen molar-refractivity contribution in [2.24, 2.45) is 4.99 Å². The van der Waals surface area contributed by atoms with E-state index < -0.39 is 29.1 Å². The third kappa shape index (κ3) is 7.83. The Labute approximate surface area is 252 Å². The monoisotopic (exact) mass is 597 g/mol. The number of nitrogens with one attached hydrogen (secondary N) is 2. The minimum atomic E-state index is -0.850. The Balaban J connectivity index is 1.23. The number of halogens is 1. The van der Waals surface area contributed by atoms with Crippen molar-refractivity contribution < 1.29 is 23.5 Å². The van der Waals surface area contributed by atoms with Gasteiger partial charge in [-0.1, -0.05) is 66.4 Å². The lowest BCUT2D eigenvalue weighted by atomic mass is 10.1. The Bertz CT molecular complexity index is 1620. The molecule has 0 spiro atoms. The van der Waals surface area contributed by atoms with E-state index in [1.807, 2.05) is 42.5 Å². The molecule has 0 bridgehead atoms. The number of nitrogens with zero attached hydrogens (tertiary/aromatic N) is 3. The van der Waals surface area contributed by atoms with Gasteiger partial charge >= 0.3 is 6.09 Å². The molecule has 0 aliphatic carbocycles. The van der Waals surface area contributed by atoms with E-state index in [9.17, 15) is 18.8 Å². The van der Waals surface area contributed by atoms with Gasteiger partial charge in [0.25, 0.3) is 0 Å². The molecule has 2 unspecified atom stereocenters. The molecule has 2 heterocycles. The average Bonchev–Trinajstić information content (AvgIpc) is 3.31. The van der Waals surface area contributed by atoms with E-state index in [4.69, 9.17) is 4.74 Å². The lowest BCUT2D eigenvalue weighted by Gasteiger charge is -2.16. The maximum absolute atomic E-state index is 13.8. The van der Waals surface area contributed by atoms with Crippen molar-refractivity contribution in [1.82, 2.24) is 15.2 Å². The average molecular weight is 598 g/mol. The van der Waals surface area contributed by atoms with E-state index in [0.717, 1.165) is 5.56 Å². The Morgan fingerprint density at radius 3 is 2.51 bits per heavy atom. The number of aromatic nitrogens is 1. The molecule has 3 amide bonds. The number of thioether (sulfide) groups is 1. The molecule has 0 radical (unpaired) electrons. The molecule has 11 heteroatoms. The molecular formula is C32H28FN5O4S. The number of pyridine rings is 1. The molecule has 218 valence electrons. The van der Waals surface area contributed by atoms with Gasteiger partial charge in [0.15, 0.2) is 5.17 Å². The van der Waals surface area contributed by atoms with Crippen LogP contribution in [0, 0.1) is 5.82 Å². The molecule has 1 aromatic heterocycles. The molecule has 5 rings (SSSR count). The maximum Gasteiger partial charge on any atom is 0.408 e. The van der Waals surface area contributed by atoms with Crippen molar-refractivity contribution in [2.75, 3.05) is 5.32 Å². The van der Waals surface area contributed by atoms with Crippen molar-refractivity contribution in [1.29, 1.82) is 0 Å². The van der Waals surface area contributed by atoms with Crippen LogP contribution in [0.2, 0.25) is 0 Å². The molecule has 3 aromatic carbocycles. The molecule has 4 aromatic rings. The zero-order chi connectivity index (χ0) is 30.2. The summed E-state index contributed by atoms with van der Waals surface area (Å²) in [5.74, 6) is -1.04. The summed E-state index contributed by atoms with van der Waals surface area (Å²) in [5.41, 5.74) is 3.12. The molecule has 2 atom stereocenters. The van der Waals surface area contributed by atoms with Gasteiger partial charge in [0.1, 0.15) is 23.7 Å². The molecule has 9 nitrogen and oxygen atoms in total. The van der Waals surface area contributed by atoms with Crippen LogP contribution in [0.25, 0.3) is 0 Å². The van der Waals surface area contributed by atoms with Crippen LogP contribution in [0.1, 0.15) is 29.0 Å². The van der Waals surface area contributed by atoms with Gasteiger partial charge in [-0.25, -0.2) is 14.2 Å². The van der Waals surface area contributed by atoms with E-state index in [-0.39, 0.29) is 19.1 Å². The standard InChI is InChI=1S/C32H28FN5O4S/c1-21(35-32(41)42-20-22-8-3-2-4-9-22)29(39)36-25-15-13-23(14-16-25)28-30(40)38(19-27-11-5-6-17-34-27)31(43-28)37-26-12-7-10-24(33)18-26/h2-18,21,28H,19-20H2,1H3,(H,35,41)(H,36,39)/b37-31-. The lowest BCUT2D eigenvalue weighted by molar-refractivity contribution is -0.126. The number of hydrogen-bond acceptors (Lipinski definition) is 7. The number of ether oxygens (including phenoxy) is 1. The fraction of sp³-hybridized carbons (Fsp3) is 0.156. The molecule has 1 saturated heterocycles. The third-order valence-corrected chi connectivity index (χ3v) is 7.68. The normalized spacial score (nSPS) is 16.1. The zero-order valence-corrected chi connectivity index (χ0v) is 24.0.